The molecule has 3 aromatic carbocycles. The van der Waals surface area contributed by atoms with Crippen molar-refractivity contribution in [2.24, 2.45) is 0 Å². The molecule has 8 heteroatoms. The molecule has 0 atom stereocenters. The third kappa shape index (κ3) is 8.04. The predicted molar refractivity (Wildman–Crippen MR) is 161 cm³/mol. The van der Waals surface area contributed by atoms with Crippen LogP contribution in [0.4, 0.5) is 10.1 Å². The topological polar surface area (TPSA) is 101 Å². The number of rotatable bonds is 14. The van der Waals surface area contributed by atoms with Crippen molar-refractivity contribution in [2.75, 3.05) is 46.4 Å². The van der Waals surface area contributed by atoms with Crippen molar-refractivity contribution in [3.63, 3.8) is 0 Å². The standard InChI is InChI=1S/C32H37FN4O3/c1-4-27(28-8-5-6-9-30(28)40-22-33)32(24-13-16-29(35)25(20-24)21-34)23-11-14-26(15-12-23)39-19-18-36-17-7-10-31(38)37(2)3/h5-16,20-21,34,36H,4,17-19,22,35H2,1-3H3/b10-7+,32-27+,34-21?. The van der Waals surface area contributed by atoms with Crippen LogP contribution in [0, 0.1) is 5.41 Å². The molecular weight excluding hydrogens is 507 g/mol. The first-order chi connectivity index (χ1) is 19.4. The molecule has 0 fully saturated rings. The SMILES string of the molecule is CC/C(=C(/c1ccc(OCCNC/C=C/C(=O)N(C)C)cc1)c1ccc(N)c(C=N)c1)c1ccccc1OCF. The molecule has 0 bridgehead atoms. The van der Waals surface area contributed by atoms with Gasteiger partial charge in [0.25, 0.3) is 0 Å². The summed E-state index contributed by atoms with van der Waals surface area (Å²) in [4.78, 5) is 13.1. The van der Waals surface area contributed by atoms with Gasteiger partial charge in [-0.25, -0.2) is 4.39 Å². The number of benzene rings is 3. The summed E-state index contributed by atoms with van der Waals surface area (Å²) >= 11 is 0. The van der Waals surface area contributed by atoms with Gasteiger partial charge in [-0.05, 0) is 59.0 Å². The number of nitrogens with zero attached hydrogens (tertiary/aromatic N) is 1. The number of amides is 1. The number of halogens is 1. The van der Waals surface area contributed by atoms with Gasteiger partial charge in [-0.1, -0.05) is 49.4 Å². The molecule has 7 nitrogen and oxygen atoms in total. The smallest absolute Gasteiger partial charge is 0.245 e. The first-order valence-electron chi connectivity index (χ1n) is 13.1. The Balaban J connectivity index is 1.87. The van der Waals surface area contributed by atoms with Gasteiger partial charge in [0.05, 0.1) is 0 Å². The number of nitrogens with two attached hydrogens (primary N) is 1. The van der Waals surface area contributed by atoms with Gasteiger partial charge in [-0.15, -0.1) is 0 Å². The largest absolute Gasteiger partial charge is 0.492 e. The molecule has 0 aliphatic rings. The average Bonchev–Trinajstić information content (AvgIpc) is 2.96. The van der Waals surface area contributed by atoms with Gasteiger partial charge in [-0.3, -0.25) is 4.79 Å². The Hall–Kier alpha value is -4.43. The number of likely N-dealkylation sites (N-methyl/N-ethyl adjacent to an activating group) is 1. The van der Waals surface area contributed by atoms with Gasteiger partial charge >= 0.3 is 0 Å². The van der Waals surface area contributed by atoms with Crippen LogP contribution in [-0.2, 0) is 4.79 Å². The Kier molecular flexibility index (Phi) is 11.5. The highest BCUT2D eigenvalue weighted by molar-refractivity contribution is 6.01. The highest BCUT2D eigenvalue weighted by Crippen LogP contribution is 2.39. The summed E-state index contributed by atoms with van der Waals surface area (Å²) in [6.45, 7) is 2.78. The normalized spacial score (nSPS) is 11.7. The number of carbonyl (C=O) groups excluding carboxylic acids is 1. The van der Waals surface area contributed by atoms with Gasteiger partial charge in [0.15, 0.2) is 0 Å². The summed E-state index contributed by atoms with van der Waals surface area (Å²) in [6.07, 6.45) is 5.22. The van der Waals surface area contributed by atoms with E-state index in [0.29, 0.717) is 43.1 Å². The predicted octanol–water partition coefficient (Wildman–Crippen LogP) is 5.55. The van der Waals surface area contributed by atoms with E-state index in [1.54, 1.807) is 32.3 Å². The maximum absolute atomic E-state index is 13.2. The second-order valence-electron chi connectivity index (χ2n) is 9.16. The lowest BCUT2D eigenvalue weighted by atomic mass is 9.87. The summed E-state index contributed by atoms with van der Waals surface area (Å²) in [5, 5.41) is 11.0. The van der Waals surface area contributed by atoms with Crippen molar-refractivity contribution in [1.82, 2.24) is 10.2 Å². The minimum absolute atomic E-state index is 0.0516. The van der Waals surface area contributed by atoms with Crippen LogP contribution in [0.15, 0.2) is 78.9 Å². The molecule has 0 heterocycles. The molecule has 40 heavy (non-hydrogen) atoms. The molecule has 3 aromatic rings. The van der Waals surface area contributed by atoms with Crippen molar-refractivity contribution in [3.8, 4) is 11.5 Å². The number of nitrogens with one attached hydrogen (secondary N) is 2. The Labute approximate surface area is 235 Å². The molecule has 0 aromatic heterocycles. The summed E-state index contributed by atoms with van der Waals surface area (Å²) in [7, 11) is 3.43. The van der Waals surface area contributed by atoms with E-state index in [9.17, 15) is 9.18 Å². The van der Waals surface area contributed by atoms with Crippen LogP contribution in [0.1, 0.15) is 35.6 Å². The second kappa shape index (κ2) is 15.2. The first kappa shape index (κ1) is 30.1. The third-order valence-electron chi connectivity index (χ3n) is 6.26. The van der Waals surface area contributed by atoms with Crippen LogP contribution < -0.4 is 20.5 Å². The molecule has 3 rings (SSSR count). The molecule has 210 valence electrons. The molecule has 0 radical (unpaired) electrons. The van der Waals surface area contributed by atoms with Crippen LogP contribution in [0.2, 0.25) is 0 Å². The van der Waals surface area contributed by atoms with Crippen molar-refractivity contribution < 1.29 is 18.7 Å². The number of carbonyl (C=O) groups is 1. The van der Waals surface area contributed by atoms with E-state index in [1.165, 1.54) is 17.2 Å². The number of allylic oxidation sites excluding steroid dienone is 1. The van der Waals surface area contributed by atoms with Crippen LogP contribution in [-0.4, -0.2) is 57.7 Å². The van der Waals surface area contributed by atoms with Crippen LogP contribution in [0.25, 0.3) is 11.1 Å². The molecule has 0 unspecified atom stereocenters. The lowest BCUT2D eigenvalue weighted by Crippen LogP contribution is -2.22. The van der Waals surface area contributed by atoms with Gasteiger partial charge in [0.1, 0.15) is 18.1 Å². The van der Waals surface area contributed by atoms with E-state index in [1.807, 2.05) is 61.5 Å². The van der Waals surface area contributed by atoms with Crippen molar-refractivity contribution in [1.29, 1.82) is 5.41 Å². The van der Waals surface area contributed by atoms with E-state index < -0.39 is 6.86 Å². The fourth-order valence-electron chi connectivity index (χ4n) is 4.23. The average molecular weight is 545 g/mol. The zero-order valence-corrected chi connectivity index (χ0v) is 23.2. The van der Waals surface area contributed by atoms with E-state index >= 15 is 0 Å². The van der Waals surface area contributed by atoms with E-state index in [-0.39, 0.29) is 5.91 Å². The maximum atomic E-state index is 13.2. The summed E-state index contributed by atoms with van der Waals surface area (Å²) in [5.41, 5.74) is 11.8. The number of hydrogen-bond acceptors (Lipinski definition) is 6. The summed E-state index contributed by atoms with van der Waals surface area (Å²) in [5.74, 6) is 1.14. The Morgan fingerprint density at radius 3 is 2.45 bits per heavy atom. The monoisotopic (exact) mass is 544 g/mol. The Morgan fingerprint density at radius 2 is 1.77 bits per heavy atom. The van der Waals surface area contributed by atoms with Gasteiger partial charge in [-0.2, -0.15) is 0 Å². The minimum Gasteiger partial charge on any atom is -0.492 e. The van der Waals surface area contributed by atoms with Crippen molar-refractivity contribution >= 4 is 29.0 Å². The van der Waals surface area contributed by atoms with Crippen molar-refractivity contribution in [3.05, 3.63) is 101 Å². The second-order valence-corrected chi connectivity index (χ2v) is 9.16. The van der Waals surface area contributed by atoms with Gasteiger partial charge in [0.2, 0.25) is 12.8 Å². The maximum Gasteiger partial charge on any atom is 0.245 e. The lowest BCUT2D eigenvalue weighted by Gasteiger charge is -2.19. The Bertz CT molecular complexity index is 1350. The van der Waals surface area contributed by atoms with Crippen LogP contribution in [0.5, 0.6) is 11.5 Å². The molecule has 0 saturated carbocycles. The first-order valence-corrected chi connectivity index (χ1v) is 13.1. The molecule has 0 saturated heterocycles. The van der Waals surface area contributed by atoms with E-state index in [0.717, 1.165) is 33.6 Å². The van der Waals surface area contributed by atoms with Crippen molar-refractivity contribution in [2.45, 2.75) is 13.3 Å². The van der Waals surface area contributed by atoms with Gasteiger partial charge < -0.3 is 30.8 Å². The number of alkyl halides is 1. The minimum atomic E-state index is -0.922. The number of para-hydroxylation sites is 1. The number of anilines is 1. The van der Waals surface area contributed by atoms with E-state index in [2.05, 4.69) is 5.32 Å². The number of hydrogen-bond donors (Lipinski definition) is 3. The zero-order chi connectivity index (χ0) is 28.9. The quantitative estimate of drug-likeness (QED) is 0.0812. The summed E-state index contributed by atoms with van der Waals surface area (Å²) < 4.78 is 24.4. The molecule has 0 aliphatic heterocycles. The fraction of sp³-hybridized carbons (Fsp3) is 0.250. The van der Waals surface area contributed by atoms with Crippen LogP contribution >= 0.6 is 0 Å². The molecule has 1 amide bonds. The molecule has 4 N–H and O–H groups in total. The lowest BCUT2D eigenvalue weighted by molar-refractivity contribution is -0.123. The third-order valence-corrected chi connectivity index (χ3v) is 6.26. The van der Waals surface area contributed by atoms with Gasteiger partial charge in [0, 0.05) is 56.3 Å². The zero-order valence-electron chi connectivity index (χ0n) is 23.2. The van der Waals surface area contributed by atoms with E-state index in [4.69, 9.17) is 20.6 Å². The number of nitrogen functional groups attached to an aromatic ring is 1. The molecular formula is C32H37FN4O3. The number of ether oxygens (including phenoxy) is 2. The highest BCUT2D eigenvalue weighted by atomic mass is 19.1. The molecule has 0 aliphatic carbocycles. The fourth-order valence-corrected chi connectivity index (χ4v) is 4.23. The Morgan fingerprint density at radius 1 is 1.05 bits per heavy atom. The highest BCUT2D eigenvalue weighted by Gasteiger charge is 2.17. The van der Waals surface area contributed by atoms with Crippen LogP contribution in [0.3, 0.4) is 0 Å². The summed E-state index contributed by atoms with van der Waals surface area (Å²) in [6, 6.07) is 20.8. The molecule has 0 spiro atoms.